The van der Waals surface area contributed by atoms with Gasteiger partial charge in [-0.25, -0.2) is 4.79 Å². The lowest BCUT2D eigenvalue weighted by atomic mass is 9.81. The molecule has 2 heterocycles. The molecule has 3 aliphatic rings. The maximum atomic E-state index is 12.1. The zero-order valence-electron chi connectivity index (χ0n) is 12.3. The molecule has 0 aromatic rings. The van der Waals surface area contributed by atoms with Crippen LogP contribution in [0.1, 0.15) is 38.5 Å². The zero-order valence-corrected chi connectivity index (χ0v) is 12.3. The number of carbonyl (C=O) groups is 2. The second-order valence-electron chi connectivity index (χ2n) is 6.74. The van der Waals surface area contributed by atoms with E-state index in [0.29, 0.717) is 12.5 Å². The van der Waals surface area contributed by atoms with Gasteiger partial charge in [0.1, 0.15) is 5.60 Å². The zero-order chi connectivity index (χ0) is 14.9. The van der Waals surface area contributed by atoms with E-state index in [1.54, 1.807) is 0 Å². The highest BCUT2D eigenvalue weighted by Gasteiger charge is 2.46. The lowest BCUT2D eigenvalue weighted by Gasteiger charge is -2.32. The number of carboxylic acid groups (broad SMARTS) is 1. The van der Waals surface area contributed by atoms with Gasteiger partial charge < -0.3 is 20.1 Å². The molecule has 0 atom stereocenters. The first-order valence-electron chi connectivity index (χ1n) is 7.99. The van der Waals surface area contributed by atoms with E-state index in [9.17, 15) is 9.59 Å². The maximum Gasteiger partial charge on any atom is 0.410 e. The van der Waals surface area contributed by atoms with Crippen molar-refractivity contribution in [3.8, 4) is 0 Å². The second-order valence-corrected chi connectivity index (χ2v) is 6.74. The number of nitrogens with one attached hydrogen (secondary N) is 1. The molecule has 2 N–H and O–H groups in total. The van der Waals surface area contributed by atoms with Crippen molar-refractivity contribution >= 4 is 12.1 Å². The molecule has 1 saturated carbocycles. The van der Waals surface area contributed by atoms with Gasteiger partial charge in [-0.2, -0.15) is 0 Å². The Morgan fingerprint density at radius 2 is 1.95 bits per heavy atom. The fraction of sp³-hybridized carbons (Fsp3) is 0.867. The van der Waals surface area contributed by atoms with E-state index in [-0.39, 0.29) is 17.6 Å². The summed E-state index contributed by atoms with van der Waals surface area (Å²) in [5.74, 6) is -0.449. The molecule has 0 aromatic carbocycles. The van der Waals surface area contributed by atoms with Crippen LogP contribution in [0.2, 0.25) is 0 Å². The topological polar surface area (TPSA) is 78.9 Å². The van der Waals surface area contributed by atoms with E-state index in [0.717, 1.165) is 58.2 Å². The summed E-state index contributed by atoms with van der Waals surface area (Å²) in [7, 11) is 0. The van der Waals surface area contributed by atoms with E-state index in [4.69, 9.17) is 9.84 Å². The first-order valence-corrected chi connectivity index (χ1v) is 7.99. The van der Waals surface area contributed by atoms with E-state index in [1.165, 1.54) is 0 Å². The van der Waals surface area contributed by atoms with Gasteiger partial charge in [-0.1, -0.05) is 0 Å². The third-order valence-electron chi connectivity index (χ3n) is 5.23. The van der Waals surface area contributed by atoms with E-state index in [1.807, 2.05) is 4.90 Å². The van der Waals surface area contributed by atoms with Crippen LogP contribution in [0.3, 0.4) is 0 Å². The van der Waals surface area contributed by atoms with Crippen LogP contribution >= 0.6 is 0 Å². The Morgan fingerprint density at radius 3 is 2.57 bits per heavy atom. The molecule has 118 valence electrons. The predicted molar refractivity (Wildman–Crippen MR) is 76.0 cm³/mol. The lowest BCUT2D eigenvalue weighted by Crippen LogP contribution is -2.45. The highest BCUT2D eigenvalue weighted by molar-refractivity contribution is 5.71. The molecule has 0 aromatic heterocycles. The number of hydrogen-bond acceptors (Lipinski definition) is 4. The summed E-state index contributed by atoms with van der Waals surface area (Å²) in [6.07, 6.45) is 4.86. The molecule has 21 heavy (non-hydrogen) atoms. The number of hydrogen-bond donors (Lipinski definition) is 2. The molecular weight excluding hydrogens is 272 g/mol. The van der Waals surface area contributed by atoms with Gasteiger partial charge in [-0.3, -0.25) is 4.79 Å². The number of aliphatic carboxylic acids is 1. The Hall–Kier alpha value is -1.30. The van der Waals surface area contributed by atoms with Crippen molar-refractivity contribution in [2.45, 2.75) is 44.1 Å². The summed E-state index contributed by atoms with van der Waals surface area (Å²) in [6, 6.07) is 0. The quantitative estimate of drug-likeness (QED) is 0.824. The van der Waals surface area contributed by atoms with Crippen molar-refractivity contribution in [1.29, 1.82) is 0 Å². The molecule has 1 aliphatic carbocycles. The van der Waals surface area contributed by atoms with Gasteiger partial charge in [-0.15, -0.1) is 0 Å². The van der Waals surface area contributed by atoms with Crippen LogP contribution in [0.15, 0.2) is 0 Å². The van der Waals surface area contributed by atoms with Crippen LogP contribution in [0.5, 0.6) is 0 Å². The lowest BCUT2D eigenvalue weighted by molar-refractivity contribution is -0.143. The first kappa shape index (κ1) is 14.6. The predicted octanol–water partition coefficient (Wildman–Crippen LogP) is 1.45. The van der Waals surface area contributed by atoms with Crippen molar-refractivity contribution in [3.05, 3.63) is 0 Å². The van der Waals surface area contributed by atoms with Gasteiger partial charge in [0.15, 0.2) is 0 Å². The molecule has 2 saturated heterocycles. The van der Waals surface area contributed by atoms with Gasteiger partial charge in [0.2, 0.25) is 0 Å². The van der Waals surface area contributed by atoms with E-state index < -0.39 is 5.97 Å². The molecule has 6 nitrogen and oxygen atoms in total. The van der Waals surface area contributed by atoms with Crippen molar-refractivity contribution in [2.75, 3.05) is 26.2 Å². The van der Waals surface area contributed by atoms with Crippen LogP contribution in [0, 0.1) is 11.8 Å². The highest BCUT2D eigenvalue weighted by Crippen LogP contribution is 2.34. The van der Waals surface area contributed by atoms with Crippen molar-refractivity contribution in [3.63, 3.8) is 0 Å². The molecule has 0 bridgehead atoms. The average molecular weight is 296 g/mol. The summed E-state index contributed by atoms with van der Waals surface area (Å²) in [6.45, 7) is 3.24. The number of rotatable bonds is 3. The Kier molecular flexibility index (Phi) is 4.06. The maximum absolute atomic E-state index is 12.1. The van der Waals surface area contributed by atoms with E-state index in [2.05, 4.69) is 5.32 Å². The van der Waals surface area contributed by atoms with Gasteiger partial charge in [-0.05, 0) is 44.7 Å². The Balaban J connectivity index is 1.52. The molecule has 3 rings (SSSR count). The van der Waals surface area contributed by atoms with Crippen molar-refractivity contribution < 1.29 is 19.4 Å². The third kappa shape index (κ3) is 3.15. The molecule has 0 radical (unpaired) electrons. The minimum atomic E-state index is -0.678. The van der Waals surface area contributed by atoms with Crippen LogP contribution in [-0.4, -0.2) is 53.8 Å². The summed E-state index contributed by atoms with van der Waals surface area (Å²) in [5.41, 5.74) is -0.277. The summed E-state index contributed by atoms with van der Waals surface area (Å²) >= 11 is 0. The van der Waals surface area contributed by atoms with Gasteiger partial charge in [0.05, 0.1) is 12.5 Å². The molecule has 2 aliphatic heterocycles. The first-order chi connectivity index (χ1) is 10.1. The number of piperidine rings is 1. The molecule has 3 fully saturated rings. The smallest absolute Gasteiger partial charge is 0.410 e. The summed E-state index contributed by atoms with van der Waals surface area (Å²) in [5, 5.41) is 12.3. The third-order valence-corrected chi connectivity index (χ3v) is 5.23. The standard InChI is InChI=1S/C15H24N2O4/c18-13(19)12-3-1-11(2-4-12)9-17-10-15(21-14(17)20)5-7-16-8-6-15/h11-12,16H,1-10H2,(H,18,19). The number of carbonyl (C=O) groups excluding carboxylic acids is 1. The number of amides is 1. The van der Waals surface area contributed by atoms with Gasteiger partial charge >= 0.3 is 12.1 Å². The van der Waals surface area contributed by atoms with Gasteiger partial charge in [0.25, 0.3) is 0 Å². The Labute approximate surface area is 124 Å². The monoisotopic (exact) mass is 296 g/mol. The minimum absolute atomic E-state index is 0.183. The molecule has 1 amide bonds. The minimum Gasteiger partial charge on any atom is -0.481 e. The number of carboxylic acids is 1. The van der Waals surface area contributed by atoms with Crippen molar-refractivity contribution in [1.82, 2.24) is 10.2 Å². The van der Waals surface area contributed by atoms with Crippen molar-refractivity contribution in [2.24, 2.45) is 11.8 Å². The van der Waals surface area contributed by atoms with Gasteiger partial charge in [0, 0.05) is 19.4 Å². The number of nitrogens with zero attached hydrogens (tertiary/aromatic N) is 1. The normalized spacial score (nSPS) is 32.2. The van der Waals surface area contributed by atoms with Crippen LogP contribution in [0.4, 0.5) is 4.79 Å². The van der Waals surface area contributed by atoms with Crippen LogP contribution in [-0.2, 0) is 9.53 Å². The second kappa shape index (κ2) is 5.83. The molecule has 6 heteroatoms. The van der Waals surface area contributed by atoms with Crippen LogP contribution < -0.4 is 5.32 Å². The summed E-state index contributed by atoms with van der Waals surface area (Å²) in [4.78, 5) is 24.9. The van der Waals surface area contributed by atoms with Crippen LogP contribution in [0.25, 0.3) is 0 Å². The van der Waals surface area contributed by atoms with E-state index >= 15 is 0 Å². The summed E-state index contributed by atoms with van der Waals surface area (Å²) < 4.78 is 5.66. The largest absolute Gasteiger partial charge is 0.481 e. The molecule has 0 unspecified atom stereocenters. The SMILES string of the molecule is O=C(O)C1CCC(CN2CC3(CCNCC3)OC2=O)CC1. The number of ether oxygens (including phenoxy) is 1. The highest BCUT2D eigenvalue weighted by atomic mass is 16.6. The average Bonchev–Trinajstić information content (AvgIpc) is 2.76. The fourth-order valence-electron chi connectivity index (χ4n) is 3.88. The Bertz CT molecular complexity index is 412. The fourth-order valence-corrected chi connectivity index (χ4v) is 3.88. The molecular formula is C15H24N2O4. The molecule has 1 spiro atoms. The Morgan fingerprint density at radius 1 is 1.29 bits per heavy atom.